The van der Waals surface area contributed by atoms with Crippen LogP contribution in [0.2, 0.25) is 0 Å². The maximum atomic E-state index is 13.8. The van der Waals surface area contributed by atoms with Gasteiger partial charge in [0.15, 0.2) is 11.5 Å². The molecule has 222 valence electrons. The zero-order chi connectivity index (χ0) is 28.6. The molecule has 4 rings (SSSR count). The van der Waals surface area contributed by atoms with Gasteiger partial charge in [0.2, 0.25) is 11.8 Å². The Bertz CT molecular complexity index is 1050. The van der Waals surface area contributed by atoms with Crippen LogP contribution in [0, 0.1) is 0 Å². The first kappa shape index (κ1) is 30.3. The van der Waals surface area contributed by atoms with Crippen molar-refractivity contribution in [3.63, 3.8) is 0 Å². The highest BCUT2D eigenvalue weighted by Gasteiger charge is 2.52. The molecule has 3 aliphatic rings. The number of carbonyl (C=O) groups is 2. The van der Waals surface area contributed by atoms with E-state index in [0.29, 0.717) is 34.6 Å². The molecule has 1 aromatic rings. The fourth-order valence-electron chi connectivity index (χ4n) is 6.57. The second-order valence-electron chi connectivity index (χ2n) is 11.3. The second kappa shape index (κ2) is 14.3. The minimum atomic E-state index is -1.07. The molecule has 9 heteroatoms. The van der Waals surface area contributed by atoms with Gasteiger partial charge in [0.25, 0.3) is 0 Å². The van der Waals surface area contributed by atoms with Crippen molar-refractivity contribution in [3.05, 3.63) is 34.9 Å². The fraction of sp³-hybridized carbons (Fsp3) is 0.677. The molecule has 1 saturated carbocycles. The van der Waals surface area contributed by atoms with Gasteiger partial charge in [-0.1, -0.05) is 51.9 Å². The van der Waals surface area contributed by atoms with E-state index >= 15 is 0 Å². The summed E-state index contributed by atoms with van der Waals surface area (Å²) in [6, 6.07) is 2.74. The average molecular weight is 559 g/mol. The lowest BCUT2D eigenvalue weighted by Gasteiger charge is -2.45. The van der Waals surface area contributed by atoms with Gasteiger partial charge in [-0.3, -0.25) is 9.59 Å². The molecule has 9 nitrogen and oxygen atoms in total. The maximum absolute atomic E-state index is 13.8. The monoisotopic (exact) mass is 558 g/mol. The van der Waals surface area contributed by atoms with Crippen molar-refractivity contribution >= 4 is 11.8 Å². The van der Waals surface area contributed by atoms with Gasteiger partial charge in [-0.25, -0.2) is 0 Å². The van der Waals surface area contributed by atoms with Gasteiger partial charge < -0.3 is 35.0 Å². The van der Waals surface area contributed by atoms with Crippen LogP contribution in [0.25, 0.3) is 0 Å². The second-order valence-corrected chi connectivity index (χ2v) is 11.3. The average Bonchev–Trinajstić information content (AvgIpc) is 3.37. The summed E-state index contributed by atoms with van der Waals surface area (Å²) in [4.78, 5) is 29.2. The van der Waals surface area contributed by atoms with E-state index in [9.17, 15) is 24.9 Å². The Kier molecular flexibility index (Phi) is 10.9. The number of aliphatic hydroxyl groups excluding tert-OH is 3. The molecule has 4 atom stereocenters. The number of amides is 2. The third-order valence-corrected chi connectivity index (χ3v) is 8.57. The molecule has 0 radical (unpaired) electrons. The van der Waals surface area contributed by atoms with Crippen LogP contribution in [0.15, 0.2) is 23.8 Å². The number of rotatable bonds is 13. The standard InChI is InChI=1S/C31H46N2O7/c1-3-4-5-6-10-13-26(36)33(21-11-8-7-9-12-21)24-18-23(31(38)32-14-15-34)27-22-16-20(19-35)17-25(39-2)29(22)40-30(27)28(24)37/h16-18,21,24,27-28,30,34-35,37H,3-15,19H2,1-2H3,(H,32,38)/t24-,27+,28+,30+/m1/s1. The minimum Gasteiger partial charge on any atom is -0.493 e. The van der Waals surface area contributed by atoms with Crippen molar-refractivity contribution in [2.45, 2.75) is 114 Å². The number of benzene rings is 1. The van der Waals surface area contributed by atoms with Crippen molar-refractivity contribution < 1.29 is 34.4 Å². The molecule has 2 aliphatic carbocycles. The Morgan fingerprint density at radius 1 is 1.10 bits per heavy atom. The maximum Gasteiger partial charge on any atom is 0.247 e. The Morgan fingerprint density at radius 2 is 1.85 bits per heavy atom. The number of nitrogens with zero attached hydrogens (tertiary/aromatic N) is 1. The van der Waals surface area contributed by atoms with Gasteiger partial charge in [-0.15, -0.1) is 0 Å². The summed E-state index contributed by atoms with van der Waals surface area (Å²) in [6.45, 7) is 1.82. The van der Waals surface area contributed by atoms with Gasteiger partial charge in [-0.05, 0) is 43.0 Å². The molecule has 40 heavy (non-hydrogen) atoms. The van der Waals surface area contributed by atoms with E-state index in [-0.39, 0.29) is 37.6 Å². The molecule has 1 aromatic carbocycles. The summed E-state index contributed by atoms with van der Waals surface area (Å²) in [5, 5.41) is 33.8. The third-order valence-electron chi connectivity index (χ3n) is 8.57. The molecule has 0 aromatic heterocycles. The highest BCUT2D eigenvalue weighted by atomic mass is 16.5. The molecule has 0 unspecified atom stereocenters. The summed E-state index contributed by atoms with van der Waals surface area (Å²) in [7, 11) is 1.51. The Hall–Kier alpha value is -2.62. The van der Waals surface area contributed by atoms with E-state index in [1.54, 1.807) is 18.2 Å². The highest BCUT2D eigenvalue weighted by molar-refractivity contribution is 5.96. The predicted octanol–water partition coefficient (Wildman–Crippen LogP) is 3.33. The van der Waals surface area contributed by atoms with Crippen molar-refractivity contribution in [3.8, 4) is 11.5 Å². The molecule has 1 aliphatic heterocycles. The van der Waals surface area contributed by atoms with Crippen molar-refractivity contribution in [1.82, 2.24) is 10.2 Å². The van der Waals surface area contributed by atoms with Crippen LogP contribution in [0.3, 0.4) is 0 Å². The largest absolute Gasteiger partial charge is 0.493 e. The number of unbranched alkanes of at least 4 members (excludes halogenated alkanes) is 4. The number of ether oxygens (including phenoxy) is 2. The molecule has 0 spiro atoms. The highest BCUT2D eigenvalue weighted by Crippen LogP contribution is 2.51. The number of nitrogens with one attached hydrogen (secondary N) is 1. The number of fused-ring (bicyclic) bond motifs is 3. The number of hydrogen-bond donors (Lipinski definition) is 4. The third kappa shape index (κ3) is 6.47. The van der Waals surface area contributed by atoms with Crippen LogP contribution in [0.5, 0.6) is 11.5 Å². The zero-order valence-electron chi connectivity index (χ0n) is 23.9. The van der Waals surface area contributed by atoms with Crippen LogP contribution in [-0.2, 0) is 16.2 Å². The molecule has 1 fully saturated rings. The zero-order valence-corrected chi connectivity index (χ0v) is 23.9. The molecule has 1 heterocycles. The minimum absolute atomic E-state index is 0.00734. The summed E-state index contributed by atoms with van der Waals surface area (Å²) < 4.78 is 11.9. The topological polar surface area (TPSA) is 129 Å². The van der Waals surface area contributed by atoms with E-state index < -0.39 is 24.2 Å². The van der Waals surface area contributed by atoms with Gasteiger partial charge in [-0.2, -0.15) is 0 Å². The van der Waals surface area contributed by atoms with Crippen LogP contribution >= 0.6 is 0 Å². The van der Waals surface area contributed by atoms with Crippen LogP contribution in [-0.4, -0.2) is 76.6 Å². The first-order valence-corrected chi connectivity index (χ1v) is 15.0. The van der Waals surface area contributed by atoms with E-state index in [0.717, 1.165) is 64.2 Å². The summed E-state index contributed by atoms with van der Waals surface area (Å²) in [6.07, 6.45) is 10.4. The quantitative estimate of drug-likeness (QED) is 0.273. The predicted molar refractivity (Wildman–Crippen MR) is 151 cm³/mol. The van der Waals surface area contributed by atoms with E-state index in [1.807, 2.05) is 4.90 Å². The smallest absolute Gasteiger partial charge is 0.247 e. The SMILES string of the molecule is CCCCCCCC(=O)N(C1CCCCC1)[C@@H]1C=C(C(=O)NCCO)[C@@H]2c3cc(CO)cc(OC)c3O[C@@H]2[C@H]1O. The number of aliphatic hydroxyl groups is 3. The lowest BCUT2D eigenvalue weighted by atomic mass is 9.76. The van der Waals surface area contributed by atoms with Crippen molar-refractivity contribution in [1.29, 1.82) is 0 Å². The Morgan fingerprint density at radius 3 is 2.52 bits per heavy atom. The lowest BCUT2D eigenvalue weighted by molar-refractivity contribution is -0.141. The lowest BCUT2D eigenvalue weighted by Crippen LogP contribution is -2.58. The normalized spacial score (nSPS) is 24.0. The van der Waals surface area contributed by atoms with Crippen molar-refractivity contribution in [2.24, 2.45) is 0 Å². The molecule has 0 bridgehead atoms. The fourth-order valence-corrected chi connectivity index (χ4v) is 6.57. The van der Waals surface area contributed by atoms with E-state index in [1.165, 1.54) is 7.11 Å². The summed E-state index contributed by atoms with van der Waals surface area (Å²) in [5.41, 5.74) is 1.65. The van der Waals surface area contributed by atoms with Gasteiger partial charge >= 0.3 is 0 Å². The van der Waals surface area contributed by atoms with E-state index in [2.05, 4.69) is 12.2 Å². The molecule has 2 amide bonds. The van der Waals surface area contributed by atoms with Gasteiger partial charge in [0, 0.05) is 30.1 Å². The summed E-state index contributed by atoms with van der Waals surface area (Å²) >= 11 is 0. The van der Waals surface area contributed by atoms with Crippen LogP contribution in [0.1, 0.15) is 94.6 Å². The number of carbonyl (C=O) groups excluding carboxylic acids is 2. The van der Waals surface area contributed by atoms with Crippen LogP contribution in [0.4, 0.5) is 0 Å². The van der Waals surface area contributed by atoms with Gasteiger partial charge in [0.05, 0.1) is 32.3 Å². The van der Waals surface area contributed by atoms with Crippen LogP contribution < -0.4 is 14.8 Å². The van der Waals surface area contributed by atoms with E-state index in [4.69, 9.17) is 9.47 Å². The van der Waals surface area contributed by atoms with Gasteiger partial charge in [0.1, 0.15) is 12.2 Å². The number of methoxy groups -OCH3 is 1. The Balaban J connectivity index is 1.72. The molecular formula is C31H46N2O7. The summed E-state index contributed by atoms with van der Waals surface area (Å²) in [5.74, 6) is -0.129. The Labute approximate surface area is 237 Å². The number of hydrogen-bond acceptors (Lipinski definition) is 7. The molecule has 0 saturated heterocycles. The van der Waals surface area contributed by atoms with Crippen molar-refractivity contribution in [2.75, 3.05) is 20.3 Å². The molecule has 4 N–H and O–H groups in total. The first-order valence-electron chi connectivity index (χ1n) is 15.0. The first-order chi connectivity index (χ1) is 19.4. The molecular weight excluding hydrogens is 512 g/mol.